The molecule has 5 aromatic rings. The van der Waals surface area contributed by atoms with Crippen molar-refractivity contribution in [2.24, 2.45) is 0 Å². The molecular formula is C39H49N4O5+. The molecule has 9 nitrogen and oxygen atoms in total. The molecule has 2 heterocycles. The van der Waals surface area contributed by atoms with Gasteiger partial charge in [-0.3, -0.25) is 4.79 Å². The summed E-state index contributed by atoms with van der Waals surface area (Å²) in [6, 6.07) is 25.3. The van der Waals surface area contributed by atoms with Crippen LogP contribution in [0.25, 0.3) is 10.9 Å². The number of rotatable bonds is 18. The Bertz CT molecular complexity index is 1750. The molecule has 0 aliphatic heterocycles. The number of phenolic OH excluding ortho intramolecular Hbond substituents is 1. The lowest BCUT2D eigenvalue weighted by molar-refractivity contribution is -0.904. The summed E-state index contributed by atoms with van der Waals surface area (Å²) in [5, 5.41) is 36.7. The molecule has 0 spiro atoms. The first kappa shape index (κ1) is 35.0. The number of nitrogens with one attached hydrogen (secondary N) is 2. The van der Waals surface area contributed by atoms with Gasteiger partial charge >= 0.3 is 0 Å². The lowest BCUT2D eigenvalue weighted by atomic mass is 9.86. The molecule has 254 valence electrons. The number of H-pyrrole nitrogens is 1. The van der Waals surface area contributed by atoms with Crippen molar-refractivity contribution in [2.45, 2.75) is 63.2 Å². The molecule has 2 aromatic heterocycles. The minimum Gasteiger partial charge on any atom is -0.506 e. The molecular weight excluding hydrogens is 604 g/mol. The van der Waals surface area contributed by atoms with Gasteiger partial charge in [-0.1, -0.05) is 92.4 Å². The molecule has 9 heteroatoms. The first-order chi connectivity index (χ1) is 23.2. The highest BCUT2D eigenvalue weighted by molar-refractivity contribution is 5.87. The van der Waals surface area contributed by atoms with Gasteiger partial charge < -0.3 is 34.5 Å². The fourth-order valence-electron chi connectivity index (χ4n) is 6.39. The molecule has 0 aliphatic rings. The van der Waals surface area contributed by atoms with E-state index in [0.717, 1.165) is 42.6 Å². The topological polar surface area (TPSA) is 132 Å². The molecule has 0 bridgehead atoms. The van der Waals surface area contributed by atoms with Crippen LogP contribution in [0.4, 0.5) is 0 Å². The first-order valence-electron chi connectivity index (χ1n) is 17.0. The number of aromatic amines is 1. The highest BCUT2D eigenvalue weighted by atomic mass is 16.4. The number of hydrogen-bond acceptors (Lipinski definition) is 7. The summed E-state index contributed by atoms with van der Waals surface area (Å²) < 4.78 is 7.01. The summed E-state index contributed by atoms with van der Waals surface area (Å²) in [6.45, 7) is 2.95. The summed E-state index contributed by atoms with van der Waals surface area (Å²) in [4.78, 5) is 18.8. The zero-order chi connectivity index (χ0) is 34.0. The molecule has 0 amide bonds. The second-order valence-electron chi connectivity index (χ2n) is 13.4. The van der Waals surface area contributed by atoms with E-state index in [1.807, 2.05) is 60.7 Å². The van der Waals surface area contributed by atoms with E-state index < -0.39 is 11.7 Å². The maximum Gasteiger partial charge on any atom is 0.248 e. The Morgan fingerprint density at radius 2 is 1.48 bits per heavy atom. The van der Waals surface area contributed by atoms with Gasteiger partial charge in [-0.2, -0.15) is 0 Å². The minimum absolute atomic E-state index is 0.00662. The predicted molar refractivity (Wildman–Crippen MR) is 189 cm³/mol. The van der Waals surface area contributed by atoms with E-state index >= 15 is 0 Å². The van der Waals surface area contributed by atoms with Gasteiger partial charge in [0, 0.05) is 18.0 Å². The van der Waals surface area contributed by atoms with Crippen LogP contribution >= 0.6 is 0 Å². The number of hydrogen-bond donors (Lipinski definition) is 5. The Kier molecular flexibility index (Phi) is 11.8. The summed E-state index contributed by atoms with van der Waals surface area (Å²) in [7, 11) is 4.41. The molecule has 5 N–H and O–H groups in total. The normalized spacial score (nSPS) is 12.8. The van der Waals surface area contributed by atoms with Gasteiger partial charge in [0.1, 0.15) is 12.3 Å². The van der Waals surface area contributed by atoms with Gasteiger partial charge in [0.15, 0.2) is 11.4 Å². The first-order valence-corrected chi connectivity index (χ1v) is 17.0. The molecule has 0 unspecified atom stereocenters. The van der Waals surface area contributed by atoms with E-state index in [9.17, 15) is 20.1 Å². The number of benzene rings is 3. The van der Waals surface area contributed by atoms with Crippen molar-refractivity contribution in [1.29, 1.82) is 0 Å². The summed E-state index contributed by atoms with van der Waals surface area (Å²) >= 11 is 0. The number of phenols is 1. The molecule has 0 saturated heterocycles. The average Bonchev–Trinajstić information content (AvgIpc) is 3.56. The fourth-order valence-corrected chi connectivity index (χ4v) is 6.39. The van der Waals surface area contributed by atoms with Crippen LogP contribution in [-0.4, -0.2) is 63.5 Å². The van der Waals surface area contributed by atoms with Crippen molar-refractivity contribution in [3.8, 4) is 5.75 Å². The second kappa shape index (κ2) is 16.2. The highest BCUT2D eigenvalue weighted by Crippen LogP contribution is 2.36. The third-order valence-corrected chi connectivity index (χ3v) is 9.05. The van der Waals surface area contributed by atoms with Crippen molar-refractivity contribution in [3.63, 3.8) is 0 Å². The van der Waals surface area contributed by atoms with E-state index in [-0.39, 0.29) is 17.2 Å². The maximum atomic E-state index is 12.0. The van der Waals surface area contributed by atoms with Gasteiger partial charge in [0.25, 0.3) is 0 Å². The average molecular weight is 654 g/mol. The lowest BCUT2D eigenvalue weighted by Gasteiger charge is -2.29. The van der Waals surface area contributed by atoms with Crippen molar-refractivity contribution >= 4 is 10.9 Å². The summed E-state index contributed by atoms with van der Waals surface area (Å²) in [6.07, 6.45) is 9.10. The van der Waals surface area contributed by atoms with Crippen LogP contribution in [0.1, 0.15) is 79.4 Å². The fraction of sp³-hybridized carbons (Fsp3) is 0.385. The van der Waals surface area contributed by atoms with Gasteiger partial charge in [0.2, 0.25) is 11.4 Å². The Morgan fingerprint density at radius 3 is 2.15 bits per heavy atom. The molecule has 48 heavy (non-hydrogen) atoms. The third kappa shape index (κ3) is 8.79. The molecule has 5 rings (SSSR count). The number of pyridine rings is 1. The van der Waals surface area contributed by atoms with E-state index in [2.05, 4.69) is 29.4 Å². The Balaban J connectivity index is 0.982. The lowest BCUT2D eigenvalue weighted by Crippen LogP contribution is -2.39. The quantitative estimate of drug-likeness (QED) is 0.0568. The summed E-state index contributed by atoms with van der Waals surface area (Å²) in [5.74, 6) is 1.04. The van der Waals surface area contributed by atoms with Crippen LogP contribution in [0.2, 0.25) is 0 Å². The number of aliphatic hydroxyl groups excluding tert-OH is 1. The number of oxazole rings is 1. The van der Waals surface area contributed by atoms with Crippen molar-refractivity contribution in [1.82, 2.24) is 15.3 Å². The van der Waals surface area contributed by atoms with E-state index in [0.29, 0.717) is 40.7 Å². The number of unbranched alkanes of at least 4 members (excludes halogenated alkanes) is 6. The minimum atomic E-state index is -1.47. The molecule has 0 saturated carbocycles. The SMILES string of the molecule is C[N+](C)(CCCCCCCCCNC[C@H](O)c1ccc(O)c2[nH]c(=O)ccc12)Cc1cnc(C(O)(c2ccccc2)c2ccccc2)o1. The van der Waals surface area contributed by atoms with E-state index in [4.69, 9.17) is 4.42 Å². The van der Waals surface area contributed by atoms with Crippen LogP contribution in [0, 0.1) is 0 Å². The molecule has 1 atom stereocenters. The zero-order valence-electron chi connectivity index (χ0n) is 28.1. The van der Waals surface area contributed by atoms with Crippen LogP contribution in [0.3, 0.4) is 0 Å². The standard InChI is InChI=1S/C39H48N4O5/c1-43(2,28-31-26-41-38(48-31)39(47,29-16-10-8-11-17-29)30-18-12-9-13-19-30)25-15-7-5-3-4-6-14-24-40-27-35(45)32-20-22-34(44)37-33(32)21-23-36(46)42-37/h8-13,16-23,26,35,40,45,47H,3-7,14-15,24-25,27-28H2,1-2H3,(H-,42,44,46)/p+1/t35-/m0/s1. The van der Waals surface area contributed by atoms with Crippen molar-refractivity contribution < 1.29 is 24.2 Å². The van der Waals surface area contributed by atoms with E-state index in [1.54, 1.807) is 18.3 Å². The highest BCUT2D eigenvalue weighted by Gasteiger charge is 2.39. The Hall–Kier alpha value is -4.28. The monoisotopic (exact) mass is 653 g/mol. The molecule has 0 radical (unpaired) electrons. The van der Waals surface area contributed by atoms with Gasteiger partial charge in [-0.25, -0.2) is 4.98 Å². The van der Waals surface area contributed by atoms with E-state index in [1.165, 1.54) is 37.8 Å². The van der Waals surface area contributed by atoms with Gasteiger partial charge in [-0.05, 0) is 54.6 Å². The second-order valence-corrected chi connectivity index (χ2v) is 13.4. The molecule has 0 fully saturated rings. The number of aliphatic hydroxyl groups is 2. The van der Waals surface area contributed by atoms with Gasteiger partial charge in [0.05, 0.1) is 38.5 Å². The Labute approximate surface area is 282 Å². The zero-order valence-corrected chi connectivity index (χ0v) is 28.1. The van der Waals surface area contributed by atoms with Crippen LogP contribution < -0.4 is 10.9 Å². The smallest absolute Gasteiger partial charge is 0.248 e. The third-order valence-electron chi connectivity index (χ3n) is 9.05. The largest absolute Gasteiger partial charge is 0.506 e. The number of quaternary nitrogens is 1. The predicted octanol–water partition coefficient (Wildman–Crippen LogP) is 6.14. The van der Waals surface area contributed by atoms with Crippen LogP contribution in [0.15, 0.2) is 100 Å². The number of aromatic hydroxyl groups is 1. The molecule has 3 aromatic carbocycles. The number of aromatic nitrogens is 2. The number of nitrogens with zero attached hydrogens (tertiary/aromatic N) is 2. The molecule has 0 aliphatic carbocycles. The Morgan fingerprint density at radius 1 is 0.854 bits per heavy atom. The van der Waals surface area contributed by atoms with Crippen molar-refractivity contribution in [3.05, 3.63) is 130 Å². The van der Waals surface area contributed by atoms with Crippen LogP contribution in [0.5, 0.6) is 5.75 Å². The van der Waals surface area contributed by atoms with Gasteiger partial charge in [-0.15, -0.1) is 0 Å². The summed E-state index contributed by atoms with van der Waals surface area (Å²) in [5.41, 5.74) is 0.699. The van der Waals surface area contributed by atoms with Crippen molar-refractivity contribution in [2.75, 3.05) is 33.7 Å². The van der Waals surface area contributed by atoms with Crippen LogP contribution in [-0.2, 0) is 12.1 Å². The number of fused-ring (bicyclic) bond motifs is 1. The maximum absolute atomic E-state index is 12.0.